The van der Waals surface area contributed by atoms with Crippen molar-refractivity contribution in [2.24, 2.45) is 0 Å². The molecule has 1 amide bonds. The highest BCUT2D eigenvalue weighted by Gasteiger charge is 2.32. The number of aromatic amines is 1. The van der Waals surface area contributed by atoms with Crippen molar-refractivity contribution >= 4 is 16.8 Å². The summed E-state index contributed by atoms with van der Waals surface area (Å²) >= 11 is 0. The smallest absolute Gasteiger partial charge is 0.230 e. The van der Waals surface area contributed by atoms with Gasteiger partial charge in [0.1, 0.15) is 5.82 Å². The van der Waals surface area contributed by atoms with E-state index in [-0.39, 0.29) is 11.7 Å². The van der Waals surface area contributed by atoms with Crippen molar-refractivity contribution in [2.45, 2.75) is 32.7 Å². The Labute approximate surface area is 140 Å². The molecule has 1 heterocycles. The topological polar surface area (TPSA) is 44.9 Å². The van der Waals surface area contributed by atoms with E-state index in [1.807, 2.05) is 45.0 Å². The van der Waals surface area contributed by atoms with Gasteiger partial charge in [0.05, 0.1) is 5.41 Å². The van der Waals surface area contributed by atoms with Crippen LogP contribution in [0, 0.1) is 12.7 Å². The minimum Gasteiger partial charge on any atom is -0.361 e. The average Bonchev–Trinajstić information content (AvgIpc) is 2.97. The molecule has 0 spiro atoms. The fourth-order valence-corrected chi connectivity index (χ4v) is 2.85. The number of halogens is 1. The molecule has 0 saturated carbocycles. The first-order chi connectivity index (χ1) is 11.4. The molecule has 0 aliphatic rings. The zero-order valence-electron chi connectivity index (χ0n) is 14.1. The van der Waals surface area contributed by atoms with Gasteiger partial charge in [-0.15, -0.1) is 0 Å². The van der Waals surface area contributed by atoms with Gasteiger partial charge >= 0.3 is 0 Å². The summed E-state index contributed by atoms with van der Waals surface area (Å²) in [7, 11) is 0. The highest BCUT2D eigenvalue weighted by molar-refractivity contribution is 5.94. The number of carbonyl (C=O) groups excluding carboxylic acids is 1. The lowest BCUT2D eigenvalue weighted by atomic mass is 9.83. The lowest BCUT2D eigenvalue weighted by Gasteiger charge is -2.23. The zero-order valence-corrected chi connectivity index (χ0v) is 14.1. The minimum absolute atomic E-state index is 0.0618. The van der Waals surface area contributed by atoms with Crippen LogP contribution in [0.4, 0.5) is 4.39 Å². The van der Waals surface area contributed by atoms with Gasteiger partial charge in [-0.2, -0.15) is 0 Å². The number of H-pyrrole nitrogens is 1. The highest BCUT2D eigenvalue weighted by Crippen LogP contribution is 2.31. The molecule has 2 aromatic carbocycles. The van der Waals surface area contributed by atoms with Crippen LogP contribution in [0.3, 0.4) is 0 Å². The Hall–Kier alpha value is -2.62. The van der Waals surface area contributed by atoms with E-state index >= 15 is 0 Å². The Kier molecular flexibility index (Phi) is 4.14. The number of nitrogens with one attached hydrogen (secondary N) is 2. The van der Waals surface area contributed by atoms with Crippen molar-refractivity contribution in [3.05, 3.63) is 71.2 Å². The SMILES string of the molecule is Cc1ccc(CNC(=O)C(C)(C)c2c[nH]c3cc(F)ccc23)cc1. The van der Waals surface area contributed by atoms with Crippen molar-refractivity contribution in [2.75, 3.05) is 0 Å². The van der Waals surface area contributed by atoms with Gasteiger partial charge in [-0.3, -0.25) is 4.79 Å². The van der Waals surface area contributed by atoms with Crippen LogP contribution >= 0.6 is 0 Å². The van der Waals surface area contributed by atoms with Crippen molar-refractivity contribution < 1.29 is 9.18 Å². The molecular formula is C20H21FN2O. The van der Waals surface area contributed by atoms with E-state index in [0.29, 0.717) is 12.1 Å². The lowest BCUT2D eigenvalue weighted by Crippen LogP contribution is -2.39. The molecule has 0 radical (unpaired) electrons. The minimum atomic E-state index is -0.721. The molecule has 0 aliphatic heterocycles. The maximum Gasteiger partial charge on any atom is 0.230 e. The van der Waals surface area contributed by atoms with Crippen molar-refractivity contribution in [1.82, 2.24) is 10.3 Å². The van der Waals surface area contributed by atoms with Crippen LogP contribution in [0.25, 0.3) is 10.9 Å². The standard InChI is InChI=1S/C20H21FN2O/c1-13-4-6-14(7-5-13)11-23-19(24)20(2,3)17-12-22-18-10-15(21)8-9-16(17)18/h4-10,12,22H,11H2,1-3H3,(H,23,24). The van der Waals surface area contributed by atoms with Gasteiger partial charge in [-0.05, 0) is 50.1 Å². The van der Waals surface area contributed by atoms with Crippen molar-refractivity contribution in [1.29, 1.82) is 0 Å². The number of aryl methyl sites for hydroxylation is 1. The van der Waals surface area contributed by atoms with Gasteiger partial charge < -0.3 is 10.3 Å². The summed E-state index contributed by atoms with van der Waals surface area (Å²) in [5, 5.41) is 3.86. The van der Waals surface area contributed by atoms with Crippen LogP contribution in [-0.2, 0) is 16.8 Å². The molecule has 0 fully saturated rings. The van der Waals surface area contributed by atoms with Gasteiger partial charge in [0.15, 0.2) is 0 Å². The van der Waals surface area contributed by atoms with Crippen LogP contribution in [0.15, 0.2) is 48.7 Å². The maximum atomic E-state index is 13.3. The molecule has 3 nitrogen and oxygen atoms in total. The predicted molar refractivity (Wildman–Crippen MR) is 94.3 cm³/mol. The van der Waals surface area contributed by atoms with Gasteiger partial charge in [0.2, 0.25) is 5.91 Å². The molecule has 2 N–H and O–H groups in total. The second-order valence-corrected chi connectivity index (χ2v) is 6.69. The van der Waals surface area contributed by atoms with Crippen LogP contribution < -0.4 is 5.32 Å². The molecule has 3 rings (SSSR count). The van der Waals surface area contributed by atoms with E-state index in [9.17, 15) is 9.18 Å². The van der Waals surface area contributed by atoms with E-state index in [4.69, 9.17) is 0 Å². The Morgan fingerprint density at radius 3 is 2.58 bits per heavy atom. The molecule has 24 heavy (non-hydrogen) atoms. The summed E-state index contributed by atoms with van der Waals surface area (Å²) in [6, 6.07) is 12.7. The van der Waals surface area contributed by atoms with Gasteiger partial charge in [-0.1, -0.05) is 29.8 Å². The fourth-order valence-electron chi connectivity index (χ4n) is 2.85. The normalized spacial score (nSPS) is 11.7. The third-order valence-electron chi connectivity index (χ3n) is 4.46. The molecular weight excluding hydrogens is 303 g/mol. The summed E-state index contributed by atoms with van der Waals surface area (Å²) in [5.41, 5.74) is 3.09. The second kappa shape index (κ2) is 6.11. The fraction of sp³-hybridized carbons (Fsp3) is 0.250. The number of aromatic nitrogens is 1. The monoisotopic (exact) mass is 324 g/mol. The molecule has 0 saturated heterocycles. The molecule has 1 aromatic heterocycles. The summed E-state index contributed by atoms with van der Waals surface area (Å²) in [5.74, 6) is -0.356. The lowest BCUT2D eigenvalue weighted by molar-refractivity contribution is -0.125. The van der Waals surface area contributed by atoms with Crippen LogP contribution in [0.1, 0.15) is 30.5 Å². The van der Waals surface area contributed by atoms with Crippen molar-refractivity contribution in [3.8, 4) is 0 Å². The number of carbonyl (C=O) groups is 1. The first kappa shape index (κ1) is 16.2. The van der Waals surface area contributed by atoms with E-state index in [1.165, 1.54) is 17.7 Å². The van der Waals surface area contributed by atoms with E-state index in [0.717, 1.165) is 16.5 Å². The van der Waals surface area contributed by atoms with E-state index in [2.05, 4.69) is 10.3 Å². The van der Waals surface area contributed by atoms with Gasteiger partial charge in [0, 0.05) is 23.6 Å². The largest absolute Gasteiger partial charge is 0.361 e. The molecule has 0 bridgehead atoms. The molecule has 124 valence electrons. The van der Waals surface area contributed by atoms with Crippen LogP contribution in [0.5, 0.6) is 0 Å². The Morgan fingerprint density at radius 2 is 1.88 bits per heavy atom. The zero-order chi connectivity index (χ0) is 17.3. The number of fused-ring (bicyclic) bond motifs is 1. The van der Waals surface area contributed by atoms with E-state index in [1.54, 1.807) is 12.3 Å². The summed E-state index contributed by atoms with van der Waals surface area (Å²) in [6.07, 6.45) is 1.79. The second-order valence-electron chi connectivity index (χ2n) is 6.69. The first-order valence-electron chi connectivity index (χ1n) is 7.99. The summed E-state index contributed by atoms with van der Waals surface area (Å²) in [4.78, 5) is 15.8. The number of amides is 1. The van der Waals surface area contributed by atoms with Crippen LogP contribution in [0.2, 0.25) is 0 Å². The predicted octanol–water partition coefficient (Wildman–Crippen LogP) is 4.21. The third-order valence-corrected chi connectivity index (χ3v) is 4.46. The molecule has 0 unspecified atom stereocenters. The number of benzene rings is 2. The number of rotatable bonds is 4. The van der Waals surface area contributed by atoms with Crippen molar-refractivity contribution in [3.63, 3.8) is 0 Å². The quantitative estimate of drug-likeness (QED) is 0.742. The third kappa shape index (κ3) is 3.04. The summed E-state index contributed by atoms with van der Waals surface area (Å²) in [6.45, 7) is 6.28. The Bertz CT molecular complexity index is 878. The number of hydrogen-bond acceptors (Lipinski definition) is 1. The first-order valence-corrected chi connectivity index (χ1v) is 7.99. The molecule has 3 aromatic rings. The molecule has 0 atom stereocenters. The summed E-state index contributed by atoms with van der Waals surface area (Å²) < 4.78 is 13.3. The maximum absolute atomic E-state index is 13.3. The van der Waals surface area contributed by atoms with Gasteiger partial charge in [-0.25, -0.2) is 4.39 Å². The highest BCUT2D eigenvalue weighted by atomic mass is 19.1. The van der Waals surface area contributed by atoms with Gasteiger partial charge in [0.25, 0.3) is 0 Å². The Balaban J connectivity index is 1.80. The van der Waals surface area contributed by atoms with Crippen LogP contribution in [-0.4, -0.2) is 10.9 Å². The Morgan fingerprint density at radius 1 is 1.17 bits per heavy atom. The molecule has 4 heteroatoms. The molecule has 0 aliphatic carbocycles. The number of hydrogen-bond donors (Lipinski definition) is 2. The van der Waals surface area contributed by atoms with E-state index < -0.39 is 5.41 Å². The average molecular weight is 324 g/mol.